The van der Waals surface area contributed by atoms with Crippen LogP contribution in [0.25, 0.3) is 0 Å². The molecule has 0 N–H and O–H groups in total. The van der Waals surface area contributed by atoms with Crippen LogP contribution in [0.2, 0.25) is 0 Å². The molecule has 0 radical (unpaired) electrons. The fourth-order valence-corrected chi connectivity index (χ4v) is 3.63. The van der Waals surface area contributed by atoms with Crippen LogP contribution in [-0.2, 0) is 9.53 Å². The first kappa shape index (κ1) is 11.4. The number of rotatable bonds is 2. The Balaban J connectivity index is 2.15. The summed E-state index contributed by atoms with van der Waals surface area (Å²) in [6, 6.07) is 0. The maximum absolute atomic E-state index is 11.3. The second-order valence-electron chi connectivity index (χ2n) is 5.72. The first-order valence-corrected chi connectivity index (χ1v) is 6.79. The van der Waals surface area contributed by atoms with E-state index >= 15 is 0 Å². The monoisotopic (exact) mass is 274 g/mol. The minimum atomic E-state index is -0.121. The second kappa shape index (κ2) is 3.47. The zero-order valence-corrected chi connectivity index (χ0v) is 11.3. The average molecular weight is 275 g/mol. The topological polar surface area (TPSA) is 26.3 Å². The molecule has 2 saturated carbocycles. The van der Waals surface area contributed by atoms with Gasteiger partial charge in [0.25, 0.3) is 0 Å². The minimum Gasteiger partial charge on any atom is -0.461 e. The van der Waals surface area contributed by atoms with Crippen molar-refractivity contribution in [1.29, 1.82) is 0 Å². The fraction of sp³-hybridized carbons (Fsp3) is 0.917. The van der Waals surface area contributed by atoms with E-state index in [4.69, 9.17) is 4.74 Å². The zero-order valence-electron chi connectivity index (χ0n) is 9.68. The van der Waals surface area contributed by atoms with E-state index < -0.39 is 0 Å². The Labute approximate surface area is 99.9 Å². The predicted molar refractivity (Wildman–Crippen MR) is 62.9 cm³/mol. The summed E-state index contributed by atoms with van der Waals surface area (Å²) in [5, 5.41) is 0.310. The summed E-state index contributed by atoms with van der Waals surface area (Å²) >= 11 is 3.15. The first-order valence-electron chi connectivity index (χ1n) is 5.67. The Morgan fingerprint density at radius 3 is 2.53 bits per heavy atom. The summed E-state index contributed by atoms with van der Waals surface area (Å²) in [4.78, 5) is 11.3. The molecule has 2 rings (SSSR count). The van der Waals surface area contributed by atoms with Gasteiger partial charge in [-0.25, -0.2) is 0 Å². The van der Waals surface area contributed by atoms with Crippen LogP contribution in [0, 0.1) is 16.7 Å². The standard InChI is InChI=1S/C12H19BrO2/c1-11(2)8-4-5-12(11,3)9(6-8)15-10(14)7-13/h8-9H,4-7H2,1-3H3/t8-,9?,12+/m1/s1. The van der Waals surface area contributed by atoms with Crippen LogP contribution in [0.5, 0.6) is 0 Å². The number of esters is 1. The number of carbonyl (C=O) groups is 1. The van der Waals surface area contributed by atoms with E-state index in [-0.39, 0.29) is 17.5 Å². The highest BCUT2D eigenvalue weighted by molar-refractivity contribution is 9.09. The smallest absolute Gasteiger partial charge is 0.316 e. The van der Waals surface area contributed by atoms with E-state index in [9.17, 15) is 4.79 Å². The van der Waals surface area contributed by atoms with E-state index in [1.807, 2.05) is 0 Å². The molecule has 3 atom stereocenters. The lowest BCUT2D eigenvalue weighted by atomic mass is 9.70. The normalized spacial score (nSPS) is 41.9. The van der Waals surface area contributed by atoms with Crippen molar-refractivity contribution >= 4 is 21.9 Å². The fourth-order valence-electron chi connectivity index (χ4n) is 3.50. The lowest BCUT2D eigenvalue weighted by Gasteiger charge is -2.38. The summed E-state index contributed by atoms with van der Waals surface area (Å²) < 4.78 is 5.55. The zero-order chi connectivity index (χ0) is 11.3. The van der Waals surface area contributed by atoms with Crippen LogP contribution in [-0.4, -0.2) is 17.4 Å². The molecule has 0 aromatic heterocycles. The highest BCUT2D eigenvalue weighted by Gasteiger charge is 2.62. The molecule has 2 nitrogen and oxygen atoms in total. The van der Waals surface area contributed by atoms with Crippen molar-refractivity contribution in [3.05, 3.63) is 0 Å². The minimum absolute atomic E-state index is 0.121. The molecule has 15 heavy (non-hydrogen) atoms. The van der Waals surface area contributed by atoms with Crippen molar-refractivity contribution in [3.8, 4) is 0 Å². The van der Waals surface area contributed by atoms with Gasteiger partial charge in [0.05, 0.1) is 0 Å². The summed E-state index contributed by atoms with van der Waals surface area (Å²) in [5.41, 5.74) is 0.514. The largest absolute Gasteiger partial charge is 0.461 e. The molecule has 0 aromatic carbocycles. The Morgan fingerprint density at radius 2 is 2.13 bits per heavy atom. The quantitative estimate of drug-likeness (QED) is 0.571. The van der Waals surface area contributed by atoms with Crippen LogP contribution in [0.4, 0.5) is 0 Å². The Hall–Kier alpha value is -0.0500. The summed E-state index contributed by atoms with van der Waals surface area (Å²) in [5.74, 6) is 0.611. The number of halogens is 1. The SMILES string of the molecule is CC1(C)[C@@H]2CC[C@@]1(C)C(OC(=O)CBr)C2. The third-order valence-electron chi connectivity index (χ3n) is 5.10. The van der Waals surface area contributed by atoms with E-state index in [0.717, 1.165) is 12.3 Å². The molecule has 2 fully saturated rings. The molecular weight excluding hydrogens is 256 g/mol. The third kappa shape index (κ3) is 1.46. The molecule has 1 unspecified atom stereocenters. The molecule has 86 valence electrons. The van der Waals surface area contributed by atoms with Gasteiger partial charge in [0.15, 0.2) is 0 Å². The molecule has 0 aliphatic heterocycles. The van der Waals surface area contributed by atoms with Crippen molar-refractivity contribution in [1.82, 2.24) is 0 Å². The van der Waals surface area contributed by atoms with Gasteiger partial charge in [0.1, 0.15) is 11.4 Å². The van der Waals surface area contributed by atoms with Gasteiger partial charge in [-0.05, 0) is 30.6 Å². The number of carbonyl (C=O) groups excluding carboxylic acids is 1. The number of fused-ring (bicyclic) bond motifs is 2. The lowest BCUT2D eigenvalue weighted by Crippen LogP contribution is -2.38. The molecule has 0 aromatic rings. The van der Waals surface area contributed by atoms with Crippen molar-refractivity contribution in [2.24, 2.45) is 16.7 Å². The average Bonchev–Trinajstić information content (AvgIpc) is 2.50. The summed E-state index contributed by atoms with van der Waals surface area (Å²) in [6.07, 6.45) is 3.69. The van der Waals surface area contributed by atoms with Crippen LogP contribution in [0.1, 0.15) is 40.0 Å². The van der Waals surface area contributed by atoms with E-state index in [1.165, 1.54) is 12.8 Å². The van der Waals surface area contributed by atoms with Gasteiger partial charge in [-0.15, -0.1) is 0 Å². The summed E-state index contributed by atoms with van der Waals surface area (Å²) in [6.45, 7) is 6.94. The highest BCUT2D eigenvalue weighted by Crippen LogP contribution is 2.66. The van der Waals surface area contributed by atoms with Gasteiger partial charge in [0, 0.05) is 5.41 Å². The maximum atomic E-state index is 11.3. The molecule has 0 heterocycles. The van der Waals surface area contributed by atoms with E-state index in [2.05, 4.69) is 36.7 Å². The van der Waals surface area contributed by atoms with Gasteiger partial charge in [-0.1, -0.05) is 36.7 Å². The third-order valence-corrected chi connectivity index (χ3v) is 5.55. The molecule has 0 saturated heterocycles. The number of hydrogen-bond donors (Lipinski definition) is 0. The molecule has 0 amide bonds. The second-order valence-corrected chi connectivity index (χ2v) is 6.28. The molecular formula is C12H19BrO2. The van der Waals surface area contributed by atoms with Crippen LogP contribution >= 0.6 is 15.9 Å². The van der Waals surface area contributed by atoms with Crippen molar-refractivity contribution < 1.29 is 9.53 Å². The van der Waals surface area contributed by atoms with Crippen LogP contribution in [0.3, 0.4) is 0 Å². The molecule has 2 aliphatic rings. The van der Waals surface area contributed by atoms with Gasteiger partial charge >= 0.3 is 5.97 Å². The van der Waals surface area contributed by atoms with E-state index in [1.54, 1.807) is 0 Å². The predicted octanol–water partition coefficient (Wildman–Crippen LogP) is 3.14. The van der Waals surface area contributed by atoms with E-state index in [0.29, 0.717) is 10.7 Å². The summed E-state index contributed by atoms with van der Waals surface area (Å²) in [7, 11) is 0. The first-order chi connectivity index (χ1) is 6.91. The molecule has 0 spiro atoms. The van der Waals surface area contributed by atoms with Crippen molar-refractivity contribution in [2.45, 2.75) is 46.1 Å². The van der Waals surface area contributed by atoms with Crippen molar-refractivity contribution in [2.75, 3.05) is 5.33 Å². The van der Waals surface area contributed by atoms with Gasteiger partial charge in [-0.3, -0.25) is 4.79 Å². The number of hydrogen-bond acceptors (Lipinski definition) is 2. The number of alkyl halides is 1. The lowest BCUT2D eigenvalue weighted by molar-refractivity contribution is -0.153. The highest BCUT2D eigenvalue weighted by atomic mass is 79.9. The van der Waals surface area contributed by atoms with Gasteiger partial charge < -0.3 is 4.74 Å². The maximum Gasteiger partial charge on any atom is 0.316 e. The Bertz CT molecular complexity index is 287. The molecule has 2 bridgehead atoms. The number of ether oxygens (including phenoxy) is 1. The van der Waals surface area contributed by atoms with Crippen LogP contribution < -0.4 is 0 Å². The Kier molecular flexibility index (Phi) is 2.65. The van der Waals surface area contributed by atoms with Gasteiger partial charge in [0.2, 0.25) is 0 Å². The van der Waals surface area contributed by atoms with Crippen molar-refractivity contribution in [3.63, 3.8) is 0 Å². The van der Waals surface area contributed by atoms with Gasteiger partial charge in [-0.2, -0.15) is 0 Å². The molecule has 2 aliphatic carbocycles. The molecule has 3 heteroatoms. The van der Waals surface area contributed by atoms with Crippen LogP contribution in [0.15, 0.2) is 0 Å². The Morgan fingerprint density at radius 1 is 1.47 bits per heavy atom.